The molecule has 1 fully saturated rings. The third-order valence-electron chi connectivity index (χ3n) is 1.62. The molecule has 9 heavy (non-hydrogen) atoms. The van der Waals surface area contributed by atoms with Gasteiger partial charge in [-0.15, -0.1) is 22.2 Å². The Bertz CT molecular complexity index is 97.1. The molecule has 0 nitrogen and oxygen atoms in total. The van der Waals surface area contributed by atoms with Gasteiger partial charge in [-0.3, -0.25) is 0 Å². The minimum Gasteiger partial charge on any atom is -0.146 e. The van der Waals surface area contributed by atoms with E-state index in [1.54, 1.807) is 0 Å². The molecule has 1 aliphatic rings. The van der Waals surface area contributed by atoms with E-state index in [4.69, 9.17) is 22.2 Å². The van der Waals surface area contributed by atoms with Crippen LogP contribution in [-0.2, 0) is 0 Å². The van der Waals surface area contributed by atoms with Crippen molar-refractivity contribution in [2.75, 3.05) is 0 Å². The topological polar surface area (TPSA) is 0 Å². The average molecular weight is 198 g/mol. The number of hydrogen-bond acceptors (Lipinski definition) is 0. The summed E-state index contributed by atoms with van der Waals surface area (Å²) in [7, 11) is -0.00797. The highest BCUT2D eigenvalue weighted by Gasteiger charge is 2.44. The lowest BCUT2D eigenvalue weighted by Gasteiger charge is -2.34. The molecule has 0 aromatic rings. The number of hydrogen-bond donors (Lipinski definition) is 0. The van der Waals surface area contributed by atoms with E-state index in [0.717, 1.165) is 0 Å². The zero-order valence-electron chi connectivity index (χ0n) is 5.58. The molecule has 1 radical (unpaired) electrons. The van der Waals surface area contributed by atoms with Crippen molar-refractivity contribution in [2.45, 2.75) is 30.7 Å². The Labute approximate surface area is 68.6 Å². The summed E-state index contributed by atoms with van der Waals surface area (Å²) in [6.07, 6.45) is 1.33. The predicted octanol–water partition coefficient (Wildman–Crippen LogP) is 2.90. The van der Waals surface area contributed by atoms with Crippen molar-refractivity contribution in [1.29, 1.82) is 0 Å². The van der Waals surface area contributed by atoms with Crippen LogP contribution >= 0.6 is 22.2 Å². The molecular formula is C5H11Cl2Si2. The summed E-state index contributed by atoms with van der Waals surface area (Å²) in [4.78, 5) is 0. The zero-order valence-corrected chi connectivity index (χ0v) is 9.10. The van der Waals surface area contributed by atoms with Gasteiger partial charge in [0.25, 0.3) is 0 Å². The van der Waals surface area contributed by atoms with Gasteiger partial charge >= 0.3 is 0 Å². The van der Waals surface area contributed by atoms with Crippen LogP contribution in [0, 0.1) is 0 Å². The van der Waals surface area contributed by atoms with Gasteiger partial charge in [-0.05, 0) is 11.3 Å². The Kier molecular flexibility index (Phi) is 2.66. The van der Waals surface area contributed by atoms with Crippen molar-refractivity contribution in [3.63, 3.8) is 0 Å². The first-order valence-corrected chi connectivity index (χ1v) is 9.91. The van der Waals surface area contributed by atoms with Crippen LogP contribution in [0.15, 0.2) is 0 Å². The summed E-state index contributed by atoms with van der Waals surface area (Å²) in [5.74, 6) is 0. The molecule has 0 atom stereocenters. The SMILES string of the molecule is CCC[Si]1C[Si](Cl)(Cl)C1. The third kappa shape index (κ3) is 2.26. The Hall–Kier alpha value is 1.01. The maximum Gasteiger partial charge on any atom is 0.246 e. The Morgan fingerprint density at radius 1 is 1.44 bits per heavy atom. The number of halogens is 2. The highest BCUT2D eigenvalue weighted by atomic mass is 35.7. The first-order valence-electron chi connectivity index (χ1n) is 3.35. The molecule has 0 aromatic carbocycles. The first kappa shape index (κ1) is 8.11. The third-order valence-corrected chi connectivity index (χ3v) is 15.8. The van der Waals surface area contributed by atoms with Gasteiger partial charge in [0.05, 0.1) is 0 Å². The summed E-state index contributed by atoms with van der Waals surface area (Å²) in [5, 5.41) is 0. The summed E-state index contributed by atoms with van der Waals surface area (Å²) in [6, 6.07) is 1.43. The molecule has 0 aromatic heterocycles. The quantitative estimate of drug-likeness (QED) is 0.472. The van der Waals surface area contributed by atoms with Crippen molar-refractivity contribution in [3.05, 3.63) is 0 Å². The molecule has 1 rings (SSSR count). The van der Waals surface area contributed by atoms with E-state index in [0.29, 0.717) is 0 Å². The molecule has 0 N–H and O–H groups in total. The van der Waals surface area contributed by atoms with Crippen LogP contribution in [0.25, 0.3) is 0 Å². The van der Waals surface area contributed by atoms with Crippen molar-refractivity contribution in [1.82, 2.24) is 0 Å². The lowest BCUT2D eigenvalue weighted by Crippen LogP contribution is -2.44. The molecule has 0 amide bonds. The van der Waals surface area contributed by atoms with Crippen LogP contribution in [0.3, 0.4) is 0 Å². The van der Waals surface area contributed by atoms with E-state index in [-0.39, 0.29) is 8.80 Å². The molecule has 4 heteroatoms. The normalized spacial score (nSPS) is 25.7. The minimum atomic E-state index is -1.56. The fourth-order valence-corrected chi connectivity index (χ4v) is 15.6. The lowest BCUT2D eigenvalue weighted by atomic mass is 10.6. The van der Waals surface area contributed by atoms with Crippen LogP contribution in [0.1, 0.15) is 13.3 Å². The summed E-state index contributed by atoms with van der Waals surface area (Å²) >= 11 is 11.9. The molecule has 0 saturated carbocycles. The van der Waals surface area contributed by atoms with Gasteiger partial charge in [-0.2, -0.15) is 0 Å². The van der Waals surface area contributed by atoms with E-state index >= 15 is 0 Å². The van der Waals surface area contributed by atoms with Gasteiger partial charge in [0.1, 0.15) is 0 Å². The minimum absolute atomic E-state index is 0.00797. The van der Waals surface area contributed by atoms with Crippen LogP contribution in [-0.4, -0.2) is 15.5 Å². The smallest absolute Gasteiger partial charge is 0.146 e. The van der Waals surface area contributed by atoms with Crippen LogP contribution in [0.4, 0.5) is 0 Å². The molecule has 0 aliphatic carbocycles. The summed E-state index contributed by atoms with van der Waals surface area (Å²) < 4.78 is 0. The lowest BCUT2D eigenvalue weighted by molar-refractivity contribution is 1.05. The van der Waals surface area contributed by atoms with E-state index in [2.05, 4.69) is 6.92 Å². The maximum atomic E-state index is 5.96. The Balaban J connectivity index is 2.12. The molecule has 0 spiro atoms. The second-order valence-electron chi connectivity index (χ2n) is 2.71. The zero-order chi connectivity index (χ0) is 6.91. The summed E-state index contributed by atoms with van der Waals surface area (Å²) in [5.41, 5.74) is 2.49. The number of rotatable bonds is 2. The van der Waals surface area contributed by atoms with E-state index in [1.807, 2.05) is 0 Å². The standard InChI is InChI=1S/C5H11Cl2Si2/c1-2-3-8-4-9(6,7)5-8/h2-5H2,1H3. The highest BCUT2D eigenvalue weighted by molar-refractivity contribution is 7.52. The van der Waals surface area contributed by atoms with Gasteiger partial charge in [-0.25, -0.2) is 0 Å². The fraction of sp³-hybridized carbons (Fsp3) is 1.00. The van der Waals surface area contributed by atoms with Crippen LogP contribution in [0.5, 0.6) is 0 Å². The van der Waals surface area contributed by atoms with Gasteiger partial charge < -0.3 is 0 Å². The molecule has 0 unspecified atom stereocenters. The van der Waals surface area contributed by atoms with Gasteiger partial charge in [0.2, 0.25) is 6.69 Å². The molecule has 1 aliphatic heterocycles. The van der Waals surface area contributed by atoms with E-state index < -0.39 is 6.69 Å². The van der Waals surface area contributed by atoms with Crippen molar-refractivity contribution < 1.29 is 0 Å². The van der Waals surface area contributed by atoms with E-state index in [9.17, 15) is 0 Å². The maximum absolute atomic E-state index is 5.96. The average Bonchev–Trinajstić information content (AvgIpc) is 1.62. The van der Waals surface area contributed by atoms with Gasteiger partial charge in [-0.1, -0.05) is 19.4 Å². The Morgan fingerprint density at radius 2 is 2.00 bits per heavy atom. The summed E-state index contributed by atoms with van der Waals surface area (Å²) in [6.45, 7) is 0.677. The highest BCUT2D eigenvalue weighted by Crippen LogP contribution is 2.40. The monoisotopic (exact) mass is 197 g/mol. The van der Waals surface area contributed by atoms with Gasteiger partial charge in [0, 0.05) is 8.80 Å². The molecule has 1 saturated heterocycles. The molecule has 1 heterocycles. The second kappa shape index (κ2) is 2.95. The fourth-order valence-electron chi connectivity index (χ4n) is 1.21. The largest absolute Gasteiger partial charge is 0.246 e. The molecule has 53 valence electrons. The van der Waals surface area contributed by atoms with Crippen LogP contribution < -0.4 is 0 Å². The van der Waals surface area contributed by atoms with Crippen molar-refractivity contribution in [2.24, 2.45) is 0 Å². The van der Waals surface area contributed by atoms with Crippen LogP contribution in [0.2, 0.25) is 17.4 Å². The molecule has 0 bridgehead atoms. The second-order valence-corrected chi connectivity index (χ2v) is 14.2. The van der Waals surface area contributed by atoms with Gasteiger partial charge in [0.15, 0.2) is 0 Å². The van der Waals surface area contributed by atoms with Crippen molar-refractivity contribution >= 4 is 37.6 Å². The van der Waals surface area contributed by atoms with E-state index in [1.165, 1.54) is 23.8 Å². The van der Waals surface area contributed by atoms with Crippen molar-refractivity contribution in [3.8, 4) is 0 Å². The Morgan fingerprint density at radius 3 is 2.33 bits per heavy atom. The molecular weight excluding hydrogens is 187 g/mol. The first-order chi connectivity index (χ1) is 4.14. The predicted molar refractivity (Wildman–Crippen MR) is 47.9 cm³/mol.